The molecule has 1 aliphatic rings. The number of rotatable bonds is 4. The Balaban J connectivity index is 1.57. The highest BCUT2D eigenvalue weighted by molar-refractivity contribution is 6.05. The minimum absolute atomic E-state index is 0.162. The molecule has 1 aromatic heterocycles. The highest BCUT2D eigenvalue weighted by Crippen LogP contribution is 2.25. The van der Waals surface area contributed by atoms with Crippen molar-refractivity contribution < 1.29 is 4.79 Å². The topological polar surface area (TPSA) is 91.8 Å². The number of H-pyrrole nitrogens is 1. The van der Waals surface area contributed by atoms with Crippen molar-refractivity contribution in [2.75, 3.05) is 18.4 Å². The molecule has 28 heavy (non-hydrogen) atoms. The SMILES string of the molecule is Cc1c(NC(=O)c2cccc(C3CCCNC3)c2)cccc1-n1cn[nH]c1=O. The van der Waals surface area contributed by atoms with Crippen LogP contribution >= 0.6 is 0 Å². The Morgan fingerprint density at radius 1 is 1.25 bits per heavy atom. The molecule has 7 nitrogen and oxygen atoms in total. The maximum absolute atomic E-state index is 12.9. The lowest BCUT2D eigenvalue weighted by atomic mass is 9.90. The molecule has 1 unspecified atom stereocenters. The second-order valence-corrected chi connectivity index (χ2v) is 7.10. The molecule has 2 aromatic carbocycles. The second kappa shape index (κ2) is 7.82. The Hall–Kier alpha value is -3.19. The van der Waals surface area contributed by atoms with Gasteiger partial charge in [0.15, 0.2) is 0 Å². The minimum atomic E-state index is -0.319. The summed E-state index contributed by atoms with van der Waals surface area (Å²) in [5.41, 5.74) is 3.65. The molecule has 1 amide bonds. The fraction of sp³-hybridized carbons (Fsp3) is 0.286. The molecule has 0 bridgehead atoms. The highest BCUT2D eigenvalue weighted by Gasteiger charge is 2.17. The zero-order valence-corrected chi connectivity index (χ0v) is 15.7. The Labute approximate surface area is 162 Å². The third-order valence-electron chi connectivity index (χ3n) is 5.28. The van der Waals surface area contributed by atoms with Gasteiger partial charge in [-0.05, 0) is 67.6 Å². The normalized spacial score (nSPS) is 16.7. The molecule has 0 saturated carbocycles. The monoisotopic (exact) mass is 377 g/mol. The molecule has 0 aliphatic carbocycles. The second-order valence-electron chi connectivity index (χ2n) is 7.10. The maximum atomic E-state index is 12.9. The van der Waals surface area contributed by atoms with E-state index in [4.69, 9.17) is 0 Å². The van der Waals surface area contributed by atoms with Crippen molar-refractivity contribution >= 4 is 11.6 Å². The third kappa shape index (κ3) is 3.61. The van der Waals surface area contributed by atoms with E-state index in [-0.39, 0.29) is 11.6 Å². The largest absolute Gasteiger partial charge is 0.347 e. The lowest BCUT2D eigenvalue weighted by Crippen LogP contribution is -2.28. The van der Waals surface area contributed by atoms with Gasteiger partial charge in [-0.3, -0.25) is 4.79 Å². The van der Waals surface area contributed by atoms with Gasteiger partial charge in [0.2, 0.25) is 0 Å². The third-order valence-corrected chi connectivity index (χ3v) is 5.28. The first kappa shape index (κ1) is 18.2. The molecule has 3 N–H and O–H groups in total. The molecular weight excluding hydrogens is 354 g/mol. The van der Waals surface area contributed by atoms with E-state index in [1.165, 1.54) is 16.5 Å². The van der Waals surface area contributed by atoms with E-state index in [1.807, 2.05) is 43.3 Å². The first-order valence-corrected chi connectivity index (χ1v) is 9.47. The molecule has 7 heteroatoms. The lowest BCUT2D eigenvalue weighted by molar-refractivity contribution is 0.102. The summed E-state index contributed by atoms with van der Waals surface area (Å²) < 4.78 is 1.42. The van der Waals surface area contributed by atoms with Crippen LogP contribution in [0.5, 0.6) is 0 Å². The number of hydrogen-bond acceptors (Lipinski definition) is 4. The number of amides is 1. The van der Waals surface area contributed by atoms with Gasteiger partial charge in [-0.2, -0.15) is 5.10 Å². The molecule has 4 rings (SSSR count). The number of piperidine rings is 1. The first-order chi connectivity index (χ1) is 13.6. The maximum Gasteiger partial charge on any atom is 0.347 e. The van der Waals surface area contributed by atoms with Crippen LogP contribution in [0.3, 0.4) is 0 Å². The van der Waals surface area contributed by atoms with E-state index in [0.29, 0.717) is 22.9 Å². The van der Waals surface area contributed by atoms with Gasteiger partial charge in [0.25, 0.3) is 5.91 Å². The summed E-state index contributed by atoms with van der Waals surface area (Å²) in [6.07, 6.45) is 3.72. The summed E-state index contributed by atoms with van der Waals surface area (Å²) in [5.74, 6) is 0.282. The Bertz CT molecular complexity index is 1050. The van der Waals surface area contributed by atoms with Crippen LogP contribution in [-0.2, 0) is 0 Å². The van der Waals surface area contributed by atoms with Crippen molar-refractivity contribution in [2.24, 2.45) is 0 Å². The number of hydrogen-bond donors (Lipinski definition) is 3. The van der Waals surface area contributed by atoms with E-state index >= 15 is 0 Å². The van der Waals surface area contributed by atoms with Crippen molar-refractivity contribution in [3.8, 4) is 5.69 Å². The first-order valence-electron chi connectivity index (χ1n) is 9.47. The number of nitrogens with one attached hydrogen (secondary N) is 3. The molecule has 1 atom stereocenters. The van der Waals surface area contributed by atoms with Crippen molar-refractivity contribution in [1.82, 2.24) is 20.1 Å². The van der Waals surface area contributed by atoms with Crippen molar-refractivity contribution in [1.29, 1.82) is 0 Å². The summed E-state index contributed by atoms with van der Waals surface area (Å²) in [6.45, 7) is 3.88. The molecule has 0 radical (unpaired) electrons. The molecule has 0 spiro atoms. The van der Waals surface area contributed by atoms with Crippen molar-refractivity contribution in [2.45, 2.75) is 25.7 Å². The van der Waals surface area contributed by atoms with E-state index in [0.717, 1.165) is 31.5 Å². The van der Waals surface area contributed by atoms with Crippen LogP contribution in [0.4, 0.5) is 5.69 Å². The van der Waals surface area contributed by atoms with Gasteiger partial charge in [0.1, 0.15) is 6.33 Å². The van der Waals surface area contributed by atoms with Crippen LogP contribution in [0.2, 0.25) is 0 Å². The fourth-order valence-corrected chi connectivity index (χ4v) is 3.70. The molecule has 1 fully saturated rings. The van der Waals surface area contributed by atoms with E-state index in [2.05, 4.69) is 26.9 Å². The Kier molecular flexibility index (Phi) is 5.08. The van der Waals surface area contributed by atoms with Gasteiger partial charge in [-0.15, -0.1) is 0 Å². The minimum Gasteiger partial charge on any atom is -0.322 e. The molecule has 2 heterocycles. The van der Waals surface area contributed by atoms with Gasteiger partial charge >= 0.3 is 5.69 Å². The Morgan fingerprint density at radius 2 is 2.11 bits per heavy atom. The number of carbonyl (C=O) groups excluding carboxylic acids is 1. The van der Waals surface area contributed by atoms with Gasteiger partial charge in [0, 0.05) is 17.8 Å². The van der Waals surface area contributed by atoms with E-state index in [9.17, 15) is 9.59 Å². The number of aromatic amines is 1. The van der Waals surface area contributed by atoms with Crippen LogP contribution in [0, 0.1) is 6.92 Å². The summed E-state index contributed by atoms with van der Waals surface area (Å²) >= 11 is 0. The van der Waals surface area contributed by atoms with E-state index < -0.39 is 0 Å². The molecule has 1 aliphatic heterocycles. The quantitative estimate of drug-likeness (QED) is 0.652. The smallest absolute Gasteiger partial charge is 0.322 e. The zero-order valence-electron chi connectivity index (χ0n) is 15.7. The van der Waals surface area contributed by atoms with Gasteiger partial charge < -0.3 is 10.6 Å². The van der Waals surface area contributed by atoms with Crippen LogP contribution in [-0.4, -0.2) is 33.8 Å². The highest BCUT2D eigenvalue weighted by atomic mass is 16.2. The number of carbonyl (C=O) groups is 1. The molecular formula is C21H23N5O2. The molecule has 3 aromatic rings. The van der Waals surface area contributed by atoms with Crippen LogP contribution < -0.4 is 16.3 Å². The summed E-state index contributed by atoms with van der Waals surface area (Å²) in [6, 6.07) is 13.3. The fourth-order valence-electron chi connectivity index (χ4n) is 3.70. The standard InChI is InChI=1S/C21H23N5O2/c1-14-18(8-3-9-19(14)26-13-23-25-21(26)28)24-20(27)16-6-2-5-15(11-16)17-7-4-10-22-12-17/h2-3,5-6,8-9,11,13,17,22H,4,7,10,12H2,1H3,(H,24,27)(H,25,28). The Morgan fingerprint density at radius 3 is 2.86 bits per heavy atom. The molecule has 144 valence electrons. The zero-order chi connectivity index (χ0) is 19.5. The number of aromatic nitrogens is 3. The predicted molar refractivity (Wildman–Crippen MR) is 108 cm³/mol. The summed E-state index contributed by atoms with van der Waals surface area (Å²) in [7, 11) is 0. The van der Waals surface area contributed by atoms with Gasteiger partial charge in [0.05, 0.1) is 5.69 Å². The average Bonchev–Trinajstić information content (AvgIpc) is 3.16. The van der Waals surface area contributed by atoms with Crippen molar-refractivity contribution in [3.63, 3.8) is 0 Å². The summed E-state index contributed by atoms with van der Waals surface area (Å²) in [4.78, 5) is 24.7. The summed E-state index contributed by atoms with van der Waals surface area (Å²) in [5, 5.41) is 12.5. The predicted octanol–water partition coefficient (Wildman–Crippen LogP) is 2.59. The lowest BCUT2D eigenvalue weighted by Gasteiger charge is -2.23. The van der Waals surface area contributed by atoms with E-state index in [1.54, 1.807) is 0 Å². The van der Waals surface area contributed by atoms with Crippen LogP contribution in [0.25, 0.3) is 5.69 Å². The van der Waals surface area contributed by atoms with Gasteiger partial charge in [-0.25, -0.2) is 14.5 Å². The van der Waals surface area contributed by atoms with Crippen LogP contribution in [0.1, 0.15) is 40.2 Å². The van der Waals surface area contributed by atoms with Gasteiger partial charge in [-0.1, -0.05) is 18.2 Å². The van der Waals surface area contributed by atoms with Crippen molar-refractivity contribution in [3.05, 3.63) is 76.0 Å². The number of benzene rings is 2. The van der Waals surface area contributed by atoms with Crippen LogP contribution in [0.15, 0.2) is 53.6 Å². The average molecular weight is 377 g/mol. The molecule has 1 saturated heterocycles. The number of anilines is 1. The number of nitrogens with zero attached hydrogens (tertiary/aromatic N) is 2.